The van der Waals surface area contributed by atoms with E-state index in [1.807, 2.05) is 18.2 Å². The van der Waals surface area contributed by atoms with Gasteiger partial charge in [0.25, 0.3) is 5.91 Å². The average Bonchev–Trinajstić information content (AvgIpc) is 3.16. The summed E-state index contributed by atoms with van der Waals surface area (Å²) in [6.07, 6.45) is 0.452. The maximum Gasteiger partial charge on any atom is 0.251 e. The molecule has 33 heavy (non-hydrogen) atoms. The molecule has 3 N–H and O–H groups in total. The van der Waals surface area contributed by atoms with E-state index in [0.29, 0.717) is 23.5 Å². The highest BCUT2D eigenvalue weighted by Gasteiger charge is 2.28. The highest BCUT2D eigenvalue weighted by Crippen LogP contribution is 2.37. The van der Waals surface area contributed by atoms with Gasteiger partial charge in [-0.15, -0.1) is 11.3 Å². The predicted molar refractivity (Wildman–Crippen MR) is 129 cm³/mol. The third-order valence-corrected chi connectivity index (χ3v) is 8.45. The van der Waals surface area contributed by atoms with Crippen molar-refractivity contribution in [2.24, 2.45) is 5.73 Å². The van der Waals surface area contributed by atoms with Crippen molar-refractivity contribution in [3.05, 3.63) is 82.2 Å². The number of amides is 2. The number of nitrogens with zero attached hydrogens (tertiary/aromatic N) is 1. The monoisotopic (exact) mass is 483 g/mol. The van der Waals surface area contributed by atoms with Gasteiger partial charge in [-0.05, 0) is 29.7 Å². The van der Waals surface area contributed by atoms with Crippen molar-refractivity contribution < 1.29 is 18.0 Å². The molecule has 9 heteroatoms. The Kier molecular flexibility index (Phi) is 6.92. The van der Waals surface area contributed by atoms with Crippen LogP contribution in [-0.2, 0) is 34.1 Å². The molecule has 2 heterocycles. The number of anilines is 1. The van der Waals surface area contributed by atoms with Gasteiger partial charge >= 0.3 is 0 Å². The Morgan fingerprint density at radius 3 is 2.36 bits per heavy atom. The zero-order valence-electron chi connectivity index (χ0n) is 18.0. The van der Waals surface area contributed by atoms with Crippen molar-refractivity contribution in [3.63, 3.8) is 0 Å². The Bertz CT molecular complexity index is 1260. The zero-order valence-corrected chi connectivity index (χ0v) is 19.6. The minimum Gasteiger partial charge on any atom is -0.365 e. The van der Waals surface area contributed by atoms with Gasteiger partial charge in [0.1, 0.15) is 5.00 Å². The Balaban J connectivity index is 1.45. The Morgan fingerprint density at radius 1 is 1.03 bits per heavy atom. The third-order valence-electron chi connectivity index (χ3n) is 5.58. The molecular weight excluding hydrogens is 458 g/mol. The number of rotatable bonds is 8. The lowest BCUT2D eigenvalue weighted by molar-refractivity contribution is -0.115. The van der Waals surface area contributed by atoms with E-state index < -0.39 is 21.7 Å². The van der Waals surface area contributed by atoms with Crippen LogP contribution in [0.5, 0.6) is 0 Å². The second-order valence-corrected chi connectivity index (χ2v) is 11.2. The van der Waals surface area contributed by atoms with E-state index in [0.717, 1.165) is 23.5 Å². The van der Waals surface area contributed by atoms with Crippen LogP contribution >= 0.6 is 11.3 Å². The minimum absolute atomic E-state index is 0.181. The minimum atomic E-state index is -3.57. The lowest BCUT2D eigenvalue weighted by Gasteiger charge is -2.27. The molecule has 0 saturated carbocycles. The molecule has 3 aromatic rings. The van der Waals surface area contributed by atoms with Gasteiger partial charge in [-0.25, -0.2) is 8.42 Å². The van der Waals surface area contributed by atoms with Gasteiger partial charge in [0.15, 0.2) is 9.84 Å². The number of benzene rings is 2. The summed E-state index contributed by atoms with van der Waals surface area (Å²) in [5.41, 5.74) is 8.07. The molecule has 0 unspecified atom stereocenters. The van der Waals surface area contributed by atoms with Crippen LogP contribution in [0.3, 0.4) is 0 Å². The molecule has 1 aromatic heterocycles. The SMILES string of the molecule is NC(=O)c1c(NC(=O)CCS(=O)(=O)c2ccccc2)sc2c1CCN(Cc1ccccc1)C2. The summed E-state index contributed by atoms with van der Waals surface area (Å²) >= 11 is 1.34. The molecular formula is C24H25N3O4S2. The van der Waals surface area contributed by atoms with Crippen molar-refractivity contribution in [2.75, 3.05) is 17.6 Å². The van der Waals surface area contributed by atoms with Gasteiger partial charge in [-0.2, -0.15) is 0 Å². The molecule has 1 aliphatic heterocycles. The Hall–Kier alpha value is -3.01. The zero-order chi connectivity index (χ0) is 23.4. The molecule has 0 atom stereocenters. The number of primary amides is 1. The van der Waals surface area contributed by atoms with Crippen LogP contribution in [0, 0.1) is 0 Å². The molecule has 0 bridgehead atoms. The predicted octanol–water partition coefficient (Wildman–Crippen LogP) is 3.21. The fourth-order valence-electron chi connectivity index (χ4n) is 3.94. The van der Waals surface area contributed by atoms with Crippen LogP contribution in [-0.4, -0.2) is 37.4 Å². The summed E-state index contributed by atoms with van der Waals surface area (Å²) in [5, 5.41) is 3.13. The number of thiophene rings is 1. The number of nitrogens with two attached hydrogens (primary N) is 1. The van der Waals surface area contributed by atoms with E-state index >= 15 is 0 Å². The first kappa shape index (κ1) is 23.2. The molecule has 2 aromatic carbocycles. The highest BCUT2D eigenvalue weighted by atomic mass is 32.2. The number of hydrogen-bond donors (Lipinski definition) is 2. The summed E-state index contributed by atoms with van der Waals surface area (Å²) in [4.78, 5) is 28.2. The molecule has 0 fully saturated rings. The van der Waals surface area contributed by atoms with Gasteiger partial charge in [-0.3, -0.25) is 14.5 Å². The van der Waals surface area contributed by atoms with E-state index in [1.54, 1.807) is 18.2 Å². The van der Waals surface area contributed by atoms with E-state index in [9.17, 15) is 18.0 Å². The van der Waals surface area contributed by atoms with Crippen molar-refractivity contribution in [1.82, 2.24) is 4.90 Å². The van der Waals surface area contributed by atoms with E-state index in [2.05, 4.69) is 22.3 Å². The summed E-state index contributed by atoms with van der Waals surface area (Å²) in [6, 6.07) is 18.2. The van der Waals surface area contributed by atoms with E-state index in [4.69, 9.17) is 5.73 Å². The molecule has 0 saturated heterocycles. The lowest BCUT2D eigenvalue weighted by atomic mass is 10.0. The van der Waals surface area contributed by atoms with Gasteiger partial charge < -0.3 is 11.1 Å². The Labute approximate surface area is 197 Å². The number of sulfone groups is 1. The molecule has 4 rings (SSSR count). The summed E-state index contributed by atoms with van der Waals surface area (Å²) in [6.45, 7) is 2.23. The fourth-order valence-corrected chi connectivity index (χ4v) is 6.52. The van der Waals surface area contributed by atoms with Crippen LogP contribution in [0.15, 0.2) is 65.6 Å². The first-order valence-corrected chi connectivity index (χ1v) is 13.1. The third kappa shape index (κ3) is 5.50. The van der Waals surface area contributed by atoms with Gasteiger partial charge in [0.05, 0.1) is 16.2 Å². The molecule has 0 spiro atoms. The maximum atomic E-state index is 12.6. The topological polar surface area (TPSA) is 110 Å². The highest BCUT2D eigenvalue weighted by molar-refractivity contribution is 7.91. The van der Waals surface area contributed by atoms with Crippen molar-refractivity contribution in [3.8, 4) is 0 Å². The molecule has 1 aliphatic rings. The number of nitrogens with one attached hydrogen (secondary N) is 1. The second-order valence-electron chi connectivity index (χ2n) is 7.95. The van der Waals surface area contributed by atoms with Crippen molar-refractivity contribution in [2.45, 2.75) is 30.8 Å². The summed E-state index contributed by atoms with van der Waals surface area (Å²) in [5.74, 6) is -1.36. The largest absolute Gasteiger partial charge is 0.365 e. The average molecular weight is 484 g/mol. The molecule has 7 nitrogen and oxygen atoms in total. The summed E-state index contributed by atoms with van der Waals surface area (Å²) in [7, 11) is -3.57. The first-order valence-electron chi connectivity index (χ1n) is 10.6. The smallest absolute Gasteiger partial charge is 0.251 e. The molecule has 172 valence electrons. The number of hydrogen-bond acceptors (Lipinski definition) is 6. The maximum absolute atomic E-state index is 12.6. The van der Waals surface area contributed by atoms with Gasteiger partial charge in [0.2, 0.25) is 5.91 Å². The lowest BCUT2D eigenvalue weighted by Crippen LogP contribution is -2.30. The van der Waals surface area contributed by atoms with Crippen LogP contribution in [0.4, 0.5) is 5.00 Å². The standard InChI is InChI=1S/C24H25N3O4S2/c25-23(29)22-19-11-13-27(15-17-7-3-1-4-8-17)16-20(19)32-24(22)26-21(28)12-14-33(30,31)18-9-5-2-6-10-18/h1-10H,11-16H2,(H2,25,29)(H,26,28). The second kappa shape index (κ2) is 9.86. The van der Waals surface area contributed by atoms with Crippen LogP contribution in [0.2, 0.25) is 0 Å². The van der Waals surface area contributed by atoms with E-state index in [-0.39, 0.29) is 17.1 Å². The van der Waals surface area contributed by atoms with Gasteiger partial charge in [-0.1, -0.05) is 48.5 Å². The number of carbonyl (C=O) groups is 2. The van der Waals surface area contributed by atoms with E-state index in [1.165, 1.54) is 29.0 Å². The molecule has 2 amide bonds. The van der Waals surface area contributed by atoms with Crippen LogP contribution < -0.4 is 11.1 Å². The van der Waals surface area contributed by atoms with Gasteiger partial charge in [0, 0.05) is 30.9 Å². The fraction of sp³-hybridized carbons (Fsp3) is 0.250. The van der Waals surface area contributed by atoms with Crippen molar-refractivity contribution >= 4 is 38.0 Å². The molecule has 0 aliphatic carbocycles. The van der Waals surface area contributed by atoms with Crippen LogP contribution in [0.25, 0.3) is 0 Å². The van der Waals surface area contributed by atoms with Crippen LogP contribution in [0.1, 0.15) is 32.8 Å². The summed E-state index contributed by atoms with van der Waals surface area (Å²) < 4.78 is 24.9. The van der Waals surface area contributed by atoms with Crippen molar-refractivity contribution in [1.29, 1.82) is 0 Å². The number of carbonyl (C=O) groups excluding carboxylic acids is 2. The normalized spacial score (nSPS) is 13.9. The molecule has 0 radical (unpaired) electrons. The first-order chi connectivity index (χ1) is 15.8. The quantitative estimate of drug-likeness (QED) is 0.511. The number of fused-ring (bicyclic) bond motifs is 1. The Morgan fingerprint density at radius 2 is 1.70 bits per heavy atom.